The lowest BCUT2D eigenvalue weighted by Gasteiger charge is -2.12. The van der Waals surface area contributed by atoms with E-state index in [0.717, 1.165) is 12.8 Å². The molecule has 0 fully saturated rings. The van der Waals surface area contributed by atoms with Crippen molar-refractivity contribution in [1.82, 2.24) is 0 Å². The Morgan fingerprint density at radius 2 is 1.17 bits per heavy atom. The maximum Gasteiger partial charge on any atom is 0.115 e. The SMILES string of the molecule is CCC=COCC(O)COCCCOCC(O)COC=CCC. The van der Waals surface area contributed by atoms with Crippen LogP contribution in [0.25, 0.3) is 0 Å². The van der Waals surface area contributed by atoms with E-state index in [9.17, 15) is 10.2 Å². The van der Waals surface area contributed by atoms with Crippen LogP contribution in [0.1, 0.15) is 33.1 Å². The van der Waals surface area contributed by atoms with Gasteiger partial charge in [-0.15, -0.1) is 0 Å². The highest BCUT2D eigenvalue weighted by Crippen LogP contribution is 1.94. The van der Waals surface area contributed by atoms with Crippen LogP contribution < -0.4 is 0 Å². The Hall–Kier alpha value is -1.08. The van der Waals surface area contributed by atoms with Gasteiger partial charge in [0.25, 0.3) is 0 Å². The molecule has 2 N–H and O–H groups in total. The predicted molar refractivity (Wildman–Crippen MR) is 89.0 cm³/mol. The second kappa shape index (κ2) is 17.3. The molecule has 0 aliphatic heterocycles. The minimum Gasteiger partial charge on any atom is -0.499 e. The van der Waals surface area contributed by atoms with Crippen LogP contribution in [0.3, 0.4) is 0 Å². The van der Waals surface area contributed by atoms with Crippen LogP contribution in [-0.4, -0.2) is 62.1 Å². The number of ether oxygens (including phenoxy) is 4. The molecule has 6 heteroatoms. The van der Waals surface area contributed by atoms with E-state index in [1.54, 1.807) is 12.5 Å². The molecule has 2 atom stereocenters. The molecule has 0 saturated heterocycles. The molecule has 0 aliphatic rings. The van der Waals surface area contributed by atoms with E-state index < -0.39 is 12.2 Å². The van der Waals surface area contributed by atoms with E-state index in [4.69, 9.17) is 18.9 Å². The standard InChI is InChI=1S/C17H32O6/c1-3-5-8-20-12-16(18)14-22-10-7-11-23-15-17(19)13-21-9-6-4-2/h5-6,8-9,16-19H,3-4,7,10-15H2,1-2H3. The lowest BCUT2D eigenvalue weighted by atomic mass is 10.4. The molecule has 0 amide bonds. The molecule has 0 saturated carbocycles. The zero-order chi connectivity index (χ0) is 17.2. The van der Waals surface area contributed by atoms with Gasteiger partial charge in [0.05, 0.1) is 25.7 Å². The summed E-state index contributed by atoms with van der Waals surface area (Å²) in [7, 11) is 0. The van der Waals surface area contributed by atoms with Crippen molar-refractivity contribution in [2.24, 2.45) is 0 Å². The highest BCUT2D eigenvalue weighted by atomic mass is 16.5. The lowest BCUT2D eigenvalue weighted by Crippen LogP contribution is -2.22. The van der Waals surface area contributed by atoms with E-state index in [-0.39, 0.29) is 26.4 Å². The number of allylic oxidation sites excluding steroid dienone is 2. The maximum atomic E-state index is 9.58. The average molecular weight is 332 g/mol. The summed E-state index contributed by atoms with van der Waals surface area (Å²) < 4.78 is 20.9. The lowest BCUT2D eigenvalue weighted by molar-refractivity contribution is -0.0178. The van der Waals surface area contributed by atoms with E-state index in [1.165, 1.54) is 0 Å². The van der Waals surface area contributed by atoms with Gasteiger partial charge in [0, 0.05) is 13.2 Å². The average Bonchev–Trinajstić information content (AvgIpc) is 2.54. The summed E-state index contributed by atoms with van der Waals surface area (Å²) in [5.41, 5.74) is 0. The maximum absolute atomic E-state index is 9.58. The van der Waals surface area contributed by atoms with Crippen molar-refractivity contribution in [3.05, 3.63) is 24.7 Å². The van der Waals surface area contributed by atoms with Crippen molar-refractivity contribution in [1.29, 1.82) is 0 Å². The van der Waals surface area contributed by atoms with Gasteiger partial charge in [-0.25, -0.2) is 0 Å². The van der Waals surface area contributed by atoms with Gasteiger partial charge in [-0.05, 0) is 19.3 Å². The van der Waals surface area contributed by atoms with Gasteiger partial charge >= 0.3 is 0 Å². The zero-order valence-corrected chi connectivity index (χ0v) is 14.4. The van der Waals surface area contributed by atoms with Crippen molar-refractivity contribution >= 4 is 0 Å². The number of aliphatic hydroxyl groups excluding tert-OH is 2. The summed E-state index contributed by atoms with van der Waals surface area (Å²) in [6.07, 6.45) is 8.18. The Bertz CT molecular complexity index is 265. The van der Waals surface area contributed by atoms with E-state index in [0.29, 0.717) is 19.6 Å². The van der Waals surface area contributed by atoms with Crippen molar-refractivity contribution in [2.75, 3.05) is 39.6 Å². The van der Waals surface area contributed by atoms with Gasteiger partial charge in [0.1, 0.15) is 25.4 Å². The molecule has 0 aromatic heterocycles. The predicted octanol–water partition coefficient (Wildman–Crippen LogP) is 2.01. The first kappa shape index (κ1) is 21.9. The van der Waals surface area contributed by atoms with E-state index >= 15 is 0 Å². The molecule has 0 rings (SSSR count). The van der Waals surface area contributed by atoms with Gasteiger partial charge in [0.2, 0.25) is 0 Å². The Morgan fingerprint density at radius 1 is 0.739 bits per heavy atom. The van der Waals surface area contributed by atoms with E-state index in [1.807, 2.05) is 26.0 Å². The smallest absolute Gasteiger partial charge is 0.115 e. The van der Waals surface area contributed by atoms with Crippen molar-refractivity contribution in [3.63, 3.8) is 0 Å². The van der Waals surface area contributed by atoms with Crippen LogP contribution >= 0.6 is 0 Å². The number of rotatable bonds is 16. The monoisotopic (exact) mass is 332 g/mol. The second-order valence-electron chi connectivity index (χ2n) is 5.04. The molecule has 0 aliphatic carbocycles. The first-order chi connectivity index (χ1) is 11.2. The van der Waals surface area contributed by atoms with Crippen LogP contribution in [-0.2, 0) is 18.9 Å². The largest absolute Gasteiger partial charge is 0.499 e. The minimum absolute atomic E-state index is 0.228. The van der Waals surface area contributed by atoms with Crippen LogP contribution in [0.5, 0.6) is 0 Å². The Morgan fingerprint density at radius 3 is 1.57 bits per heavy atom. The zero-order valence-electron chi connectivity index (χ0n) is 14.4. The molecule has 6 nitrogen and oxygen atoms in total. The third-order valence-electron chi connectivity index (χ3n) is 2.63. The summed E-state index contributed by atoms with van der Waals surface area (Å²) in [4.78, 5) is 0. The molecule has 0 spiro atoms. The topological polar surface area (TPSA) is 77.4 Å². The van der Waals surface area contributed by atoms with Gasteiger partial charge in [-0.3, -0.25) is 0 Å². The number of hydrogen-bond donors (Lipinski definition) is 2. The summed E-state index contributed by atoms with van der Waals surface area (Å²) >= 11 is 0. The summed E-state index contributed by atoms with van der Waals surface area (Å²) in [5.74, 6) is 0. The molecule has 0 radical (unpaired) electrons. The third-order valence-corrected chi connectivity index (χ3v) is 2.63. The van der Waals surface area contributed by atoms with Gasteiger partial charge < -0.3 is 29.2 Å². The summed E-state index contributed by atoms with van der Waals surface area (Å²) in [6, 6.07) is 0. The summed E-state index contributed by atoms with van der Waals surface area (Å²) in [6.45, 7) is 5.94. The fourth-order valence-electron chi connectivity index (χ4n) is 1.46. The highest BCUT2D eigenvalue weighted by Gasteiger charge is 2.05. The second-order valence-corrected chi connectivity index (χ2v) is 5.04. The minimum atomic E-state index is -0.632. The van der Waals surface area contributed by atoms with Crippen LogP contribution in [0.15, 0.2) is 24.7 Å². The van der Waals surface area contributed by atoms with Crippen molar-refractivity contribution < 1.29 is 29.2 Å². The van der Waals surface area contributed by atoms with Crippen LogP contribution in [0.2, 0.25) is 0 Å². The van der Waals surface area contributed by atoms with Crippen LogP contribution in [0, 0.1) is 0 Å². The third kappa shape index (κ3) is 17.1. The van der Waals surface area contributed by atoms with Gasteiger partial charge in [0.15, 0.2) is 0 Å². The first-order valence-corrected chi connectivity index (χ1v) is 8.25. The molecule has 23 heavy (non-hydrogen) atoms. The molecule has 0 heterocycles. The number of hydrogen-bond acceptors (Lipinski definition) is 6. The molecular weight excluding hydrogens is 300 g/mol. The fraction of sp³-hybridized carbons (Fsp3) is 0.765. The van der Waals surface area contributed by atoms with E-state index in [2.05, 4.69) is 0 Å². The molecule has 0 aromatic rings. The Balaban J connectivity index is 3.32. The van der Waals surface area contributed by atoms with Crippen LogP contribution in [0.4, 0.5) is 0 Å². The highest BCUT2D eigenvalue weighted by molar-refractivity contribution is 4.71. The fourth-order valence-corrected chi connectivity index (χ4v) is 1.46. The molecule has 0 aromatic carbocycles. The van der Waals surface area contributed by atoms with Gasteiger partial charge in [-0.2, -0.15) is 0 Å². The number of aliphatic hydroxyl groups is 2. The summed E-state index contributed by atoms with van der Waals surface area (Å²) in [5, 5.41) is 19.2. The van der Waals surface area contributed by atoms with Gasteiger partial charge in [-0.1, -0.05) is 26.0 Å². The normalized spacial score (nSPS) is 14.4. The quantitative estimate of drug-likeness (QED) is 0.333. The van der Waals surface area contributed by atoms with Crippen molar-refractivity contribution in [2.45, 2.75) is 45.3 Å². The Labute approximate surface area is 139 Å². The molecule has 0 bridgehead atoms. The molecular formula is C17H32O6. The Kier molecular flexibility index (Phi) is 16.5. The van der Waals surface area contributed by atoms with Crippen molar-refractivity contribution in [3.8, 4) is 0 Å². The molecule has 2 unspecified atom stereocenters. The molecule has 136 valence electrons. The first-order valence-electron chi connectivity index (χ1n) is 8.25.